The van der Waals surface area contributed by atoms with Crippen LogP contribution in [0, 0.1) is 12.8 Å². The Balaban J connectivity index is 1.24. The van der Waals surface area contributed by atoms with Gasteiger partial charge >= 0.3 is 0 Å². The largest absolute Gasteiger partial charge is 0.497 e. The molecule has 1 fully saturated rings. The molecule has 0 saturated carbocycles. The highest BCUT2D eigenvalue weighted by atomic mass is 16.5. The van der Waals surface area contributed by atoms with E-state index >= 15 is 0 Å². The van der Waals surface area contributed by atoms with Gasteiger partial charge in [0.05, 0.1) is 13.7 Å². The highest BCUT2D eigenvalue weighted by molar-refractivity contribution is 5.78. The monoisotopic (exact) mass is 420 g/mol. The van der Waals surface area contributed by atoms with Gasteiger partial charge in [0.25, 0.3) is 0 Å². The van der Waals surface area contributed by atoms with Crippen molar-refractivity contribution in [2.75, 3.05) is 20.2 Å². The lowest BCUT2D eigenvalue weighted by Crippen LogP contribution is -2.40. The summed E-state index contributed by atoms with van der Waals surface area (Å²) in [7, 11) is 1.62. The van der Waals surface area contributed by atoms with Gasteiger partial charge < -0.3 is 14.6 Å². The second-order valence-corrected chi connectivity index (χ2v) is 8.00. The zero-order valence-corrected chi connectivity index (χ0v) is 18.0. The second kappa shape index (κ2) is 9.75. The number of amides is 1. The molecule has 0 spiro atoms. The van der Waals surface area contributed by atoms with Gasteiger partial charge in [-0.15, -0.1) is 0 Å². The number of rotatable bonds is 7. The molecule has 1 amide bonds. The molecule has 0 unspecified atom stereocenters. The van der Waals surface area contributed by atoms with Crippen LogP contribution in [0.3, 0.4) is 0 Å². The summed E-state index contributed by atoms with van der Waals surface area (Å²) in [6.45, 7) is 5.14. The summed E-state index contributed by atoms with van der Waals surface area (Å²) in [5.74, 6) is 1.74. The van der Waals surface area contributed by atoms with Gasteiger partial charge in [-0.3, -0.25) is 9.69 Å². The van der Waals surface area contributed by atoms with Crippen molar-refractivity contribution in [1.82, 2.24) is 20.4 Å². The van der Waals surface area contributed by atoms with E-state index in [1.165, 1.54) is 11.1 Å². The maximum Gasteiger partial charge on any atom is 0.246 e. The number of piperidine rings is 1. The first-order chi connectivity index (χ1) is 15.1. The molecule has 7 nitrogen and oxygen atoms in total. The van der Waals surface area contributed by atoms with Gasteiger partial charge in [-0.1, -0.05) is 35.0 Å². The molecule has 0 radical (unpaired) electrons. The Morgan fingerprint density at radius 2 is 1.97 bits per heavy atom. The van der Waals surface area contributed by atoms with Crippen molar-refractivity contribution < 1.29 is 14.1 Å². The van der Waals surface area contributed by atoms with Crippen LogP contribution in [0.15, 0.2) is 53.1 Å². The number of nitrogens with zero attached hydrogens (tertiary/aromatic N) is 3. The molecule has 2 heterocycles. The Morgan fingerprint density at radius 3 is 2.68 bits per heavy atom. The summed E-state index contributed by atoms with van der Waals surface area (Å²) in [6, 6.07) is 16.0. The number of carbonyl (C=O) groups is 1. The summed E-state index contributed by atoms with van der Waals surface area (Å²) in [6.07, 6.45) is 1.72. The smallest absolute Gasteiger partial charge is 0.246 e. The first kappa shape index (κ1) is 21.1. The highest BCUT2D eigenvalue weighted by Gasteiger charge is 2.25. The highest BCUT2D eigenvalue weighted by Crippen LogP contribution is 2.21. The van der Waals surface area contributed by atoms with Crippen molar-refractivity contribution >= 4 is 5.91 Å². The SMILES string of the molecule is COc1ccc(-c2noc(CNC(=O)C3CCN(Cc4cccc(C)c4)CC3)n2)cc1. The van der Waals surface area contributed by atoms with E-state index in [0.717, 1.165) is 43.8 Å². The normalized spacial score (nSPS) is 15.0. The summed E-state index contributed by atoms with van der Waals surface area (Å²) < 4.78 is 10.5. The zero-order valence-electron chi connectivity index (χ0n) is 18.0. The van der Waals surface area contributed by atoms with Crippen LogP contribution in [0.4, 0.5) is 0 Å². The van der Waals surface area contributed by atoms with Crippen LogP contribution in [-0.4, -0.2) is 41.1 Å². The van der Waals surface area contributed by atoms with Crippen molar-refractivity contribution in [3.05, 3.63) is 65.5 Å². The average Bonchev–Trinajstić information content (AvgIpc) is 3.27. The lowest BCUT2D eigenvalue weighted by Gasteiger charge is -2.31. The number of benzene rings is 2. The standard InChI is InChI=1S/C24H28N4O3/c1-17-4-3-5-18(14-17)16-28-12-10-20(11-13-28)24(29)25-15-22-26-23(27-31-22)19-6-8-21(30-2)9-7-19/h3-9,14,20H,10-13,15-16H2,1-2H3,(H,25,29). The minimum atomic E-state index is 0.0257. The molecule has 7 heteroatoms. The van der Waals surface area contributed by atoms with Gasteiger partial charge in [0.2, 0.25) is 17.6 Å². The molecule has 1 aliphatic rings. The van der Waals surface area contributed by atoms with Crippen LogP contribution >= 0.6 is 0 Å². The maximum absolute atomic E-state index is 12.6. The van der Waals surface area contributed by atoms with E-state index in [0.29, 0.717) is 11.7 Å². The van der Waals surface area contributed by atoms with Gasteiger partial charge in [0.1, 0.15) is 5.75 Å². The molecule has 0 aliphatic carbocycles. The predicted molar refractivity (Wildman–Crippen MR) is 117 cm³/mol. The lowest BCUT2D eigenvalue weighted by atomic mass is 9.95. The first-order valence-electron chi connectivity index (χ1n) is 10.6. The predicted octanol–water partition coefficient (Wildman–Crippen LogP) is 3.58. The minimum Gasteiger partial charge on any atom is -0.497 e. The van der Waals surface area contributed by atoms with E-state index in [-0.39, 0.29) is 18.4 Å². The molecule has 0 bridgehead atoms. The van der Waals surface area contributed by atoms with E-state index in [9.17, 15) is 4.79 Å². The molecule has 1 N–H and O–H groups in total. The summed E-state index contributed by atoms with van der Waals surface area (Å²) in [5, 5.41) is 6.95. The number of carbonyl (C=O) groups excluding carboxylic acids is 1. The van der Waals surface area contributed by atoms with Crippen molar-refractivity contribution in [3.8, 4) is 17.1 Å². The molecule has 3 aromatic rings. The van der Waals surface area contributed by atoms with Gasteiger partial charge in [-0.25, -0.2) is 0 Å². The maximum atomic E-state index is 12.6. The number of nitrogens with one attached hydrogen (secondary N) is 1. The summed E-state index contributed by atoms with van der Waals surface area (Å²) in [4.78, 5) is 19.4. The Bertz CT molecular complexity index is 1010. The Morgan fingerprint density at radius 1 is 1.19 bits per heavy atom. The molecule has 4 rings (SSSR count). The third-order valence-corrected chi connectivity index (χ3v) is 5.68. The molecular formula is C24H28N4O3. The number of methoxy groups -OCH3 is 1. The van der Waals surface area contributed by atoms with E-state index in [1.54, 1.807) is 7.11 Å². The van der Waals surface area contributed by atoms with Crippen LogP contribution in [0.1, 0.15) is 29.9 Å². The topological polar surface area (TPSA) is 80.5 Å². The van der Waals surface area contributed by atoms with E-state index in [2.05, 4.69) is 51.5 Å². The zero-order chi connectivity index (χ0) is 21.6. The Kier molecular flexibility index (Phi) is 6.62. The van der Waals surface area contributed by atoms with Crippen molar-refractivity contribution in [1.29, 1.82) is 0 Å². The molecule has 0 atom stereocenters. The molecule has 1 saturated heterocycles. The molecule has 2 aromatic carbocycles. The molecular weight excluding hydrogens is 392 g/mol. The van der Waals surface area contributed by atoms with E-state index in [1.807, 2.05) is 24.3 Å². The summed E-state index contributed by atoms with van der Waals surface area (Å²) in [5.41, 5.74) is 3.44. The van der Waals surface area contributed by atoms with Gasteiger partial charge in [-0.2, -0.15) is 4.98 Å². The van der Waals surface area contributed by atoms with E-state index < -0.39 is 0 Å². The molecule has 162 valence electrons. The van der Waals surface area contributed by atoms with Crippen LogP contribution < -0.4 is 10.1 Å². The Hall–Kier alpha value is -3.19. The number of hydrogen-bond donors (Lipinski definition) is 1. The minimum absolute atomic E-state index is 0.0257. The van der Waals surface area contributed by atoms with E-state index in [4.69, 9.17) is 9.26 Å². The molecule has 1 aromatic heterocycles. The number of aromatic nitrogens is 2. The molecule has 31 heavy (non-hydrogen) atoms. The third kappa shape index (κ3) is 5.49. The van der Waals surface area contributed by atoms with Crippen molar-refractivity contribution in [2.24, 2.45) is 5.92 Å². The van der Waals surface area contributed by atoms with Crippen molar-refractivity contribution in [2.45, 2.75) is 32.9 Å². The molecule has 1 aliphatic heterocycles. The van der Waals surface area contributed by atoms with Crippen molar-refractivity contribution in [3.63, 3.8) is 0 Å². The number of ether oxygens (including phenoxy) is 1. The van der Waals surface area contributed by atoms with Crippen LogP contribution in [0.5, 0.6) is 5.75 Å². The fourth-order valence-corrected chi connectivity index (χ4v) is 3.91. The van der Waals surface area contributed by atoms with Gasteiger partial charge in [0.15, 0.2) is 0 Å². The quantitative estimate of drug-likeness (QED) is 0.629. The Labute approximate surface area is 182 Å². The lowest BCUT2D eigenvalue weighted by molar-refractivity contribution is -0.126. The fraction of sp³-hybridized carbons (Fsp3) is 0.375. The van der Waals surface area contributed by atoms with Crippen LogP contribution in [0.25, 0.3) is 11.4 Å². The van der Waals surface area contributed by atoms with Gasteiger partial charge in [-0.05, 0) is 62.7 Å². The van der Waals surface area contributed by atoms with Crippen LogP contribution in [0.2, 0.25) is 0 Å². The fourth-order valence-electron chi connectivity index (χ4n) is 3.91. The van der Waals surface area contributed by atoms with Crippen LogP contribution in [-0.2, 0) is 17.9 Å². The number of likely N-dealkylation sites (tertiary alicyclic amines) is 1. The summed E-state index contributed by atoms with van der Waals surface area (Å²) >= 11 is 0. The third-order valence-electron chi connectivity index (χ3n) is 5.68. The van der Waals surface area contributed by atoms with Gasteiger partial charge in [0, 0.05) is 18.0 Å². The second-order valence-electron chi connectivity index (χ2n) is 8.00. The average molecular weight is 421 g/mol. The number of hydrogen-bond acceptors (Lipinski definition) is 6. The number of aryl methyl sites for hydroxylation is 1. The first-order valence-corrected chi connectivity index (χ1v) is 10.6.